The average Bonchev–Trinajstić information content (AvgIpc) is 2.46. The summed E-state index contributed by atoms with van der Waals surface area (Å²) in [4.78, 5) is 23.3. The van der Waals surface area contributed by atoms with Crippen LogP contribution in [-0.4, -0.2) is 36.7 Å². The largest absolute Gasteiger partial charge is 0.466 e. The molecule has 1 aromatic rings. The Morgan fingerprint density at radius 3 is 2.81 bits per heavy atom. The first-order valence-electron chi connectivity index (χ1n) is 6.73. The zero-order valence-corrected chi connectivity index (χ0v) is 12.2. The fourth-order valence-electron chi connectivity index (χ4n) is 1.76. The Kier molecular flexibility index (Phi) is 6.99. The molecule has 0 radical (unpaired) electrons. The molecule has 0 saturated heterocycles. The van der Waals surface area contributed by atoms with Gasteiger partial charge in [-0.1, -0.05) is 17.9 Å². The van der Waals surface area contributed by atoms with E-state index in [-0.39, 0.29) is 31.4 Å². The number of amides is 1. The maximum atomic E-state index is 12.1. The Morgan fingerprint density at radius 1 is 1.38 bits per heavy atom. The molecule has 0 bridgehead atoms. The Labute approximate surface area is 124 Å². The molecule has 1 amide bonds. The molecule has 1 aromatic carbocycles. The molecule has 1 rings (SSSR count). The minimum absolute atomic E-state index is 0.142. The molecule has 2 N–H and O–H groups in total. The van der Waals surface area contributed by atoms with Gasteiger partial charge in [-0.3, -0.25) is 9.59 Å². The number of hydrogen-bond acceptors (Lipinski definition) is 4. The van der Waals surface area contributed by atoms with Gasteiger partial charge in [0.15, 0.2) is 0 Å². The van der Waals surface area contributed by atoms with Crippen LogP contribution in [0.1, 0.15) is 34.8 Å². The van der Waals surface area contributed by atoms with E-state index in [2.05, 4.69) is 17.2 Å². The Morgan fingerprint density at radius 2 is 2.14 bits per heavy atom. The normalized spacial score (nSPS) is 9.48. The summed E-state index contributed by atoms with van der Waals surface area (Å²) in [6.07, 6.45) is 0.142. The molecular weight excluding hydrogens is 270 g/mol. The van der Waals surface area contributed by atoms with Crippen molar-refractivity contribution in [2.24, 2.45) is 0 Å². The summed E-state index contributed by atoms with van der Waals surface area (Å²) in [5, 5.41) is 11.4. The Hall–Kier alpha value is -2.32. The van der Waals surface area contributed by atoms with Crippen LogP contribution < -0.4 is 5.32 Å². The van der Waals surface area contributed by atoms with Crippen LogP contribution in [0.15, 0.2) is 18.2 Å². The predicted molar refractivity (Wildman–Crippen MR) is 78.7 cm³/mol. The van der Waals surface area contributed by atoms with E-state index in [1.54, 1.807) is 32.0 Å². The summed E-state index contributed by atoms with van der Waals surface area (Å²) in [5.74, 6) is 4.76. The first-order valence-corrected chi connectivity index (χ1v) is 6.73. The van der Waals surface area contributed by atoms with Crippen LogP contribution in [0.5, 0.6) is 0 Å². The SMILES string of the molecule is CCOC(=O)CCNC(=O)c1cccc(C#CCO)c1C. The van der Waals surface area contributed by atoms with Gasteiger partial charge in [0.25, 0.3) is 5.91 Å². The first kappa shape index (κ1) is 16.7. The van der Waals surface area contributed by atoms with Crippen molar-refractivity contribution in [3.8, 4) is 11.8 Å². The number of esters is 1. The number of aliphatic hydroxyl groups is 1. The van der Waals surface area contributed by atoms with Crippen molar-refractivity contribution >= 4 is 11.9 Å². The maximum Gasteiger partial charge on any atom is 0.307 e. The molecule has 5 heteroatoms. The topological polar surface area (TPSA) is 75.6 Å². The fraction of sp³-hybridized carbons (Fsp3) is 0.375. The van der Waals surface area contributed by atoms with Crippen LogP contribution >= 0.6 is 0 Å². The van der Waals surface area contributed by atoms with Crippen molar-refractivity contribution in [1.82, 2.24) is 5.32 Å². The monoisotopic (exact) mass is 289 g/mol. The maximum absolute atomic E-state index is 12.1. The van der Waals surface area contributed by atoms with Gasteiger partial charge in [0.1, 0.15) is 6.61 Å². The second-order valence-corrected chi connectivity index (χ2v) is 4.25. The van der Waals surface area contributed by atoms with E-state index < -0.39 is 0 Å². The van der Waals surface area contributed by atoms with Crippen molar-refractivity contribution in [2.45, 2.75) is 20.3 Å². The minimum Gasteiger partial charge on any atom is -0.466 e. The van der Waals surface area contributed by atoms with E-state index in [9.17, 15) is 9.59 Å². The van der Waals surface area contributed by atoms with Gasteiger partial charge in [0.05, 0.1) is 13.0 Å². The molecule has 0 fully saturated rings. The fourth-order valence-corrected chi connectivity index (χ4v) is 1.76. The second-order valence-electron chi connectivity index (χ2n) is 4.25. The van der Waals surface area contributed by atoms with Crippen molar-refractivity contribution in [3.05, 3.63) is 34.9 Å². The van der Waals surface area contributed by atoms with E-state index >= 15 is 0 Å². The number of rotatable bonds is 5. The van der Waals surface area contributed by atoms with Crippen molar-refractivity contribution in [2.75, 3.05) is 19.8 Å². The number of benzene rings is 1. The highest BCUT2D eigenvalue weighted by molar-refractivity contribution is 5.96. The van der Waals surface area contributed by atoms with Crippen molar-refractivity contribution in [1.29, 1.82) is 0 Å². The molecule has 0 aromatic heterocycles. The minimum atomic E-state index is -0.336. The summed E-state index contributed by atoms with van der Waals surface area (Å²) in [5.41, 5.74) is 1.94. The highest BCUT2D eigenvalue weighted by atomic mass is 16.5. The highest BCUT2D eigenvalue weighted by Gasteiger charge is 2.11. The quantitative estimate of drug-likeness (QED) is 0.627. The van der Waals surface area contributed by atoms with Crippen molar-refractivity contribution in [3.63, 3.8) is 0 Å². The van der Waals surface area contributed by atoms with E-state index in [0.717, 1.165) is 5.56 Å². The third-order valence-corrected chi connectivity index (χ3v) is 2.80. The number of ether oxygens (including phenoxy) is 1. The van der Waals surface area contributed by atoms with Gasteiger partial charge in [0, 0.05) is 17.7 Å². The van der Waals surface area contributed by atoms with Gasteiger partial charge in [-0.25, -0.2) is 0 Å². The average molecular weight is 289 g/mol. The van der Waals surface area contributed by atoms with Gasteiger partial charge in [-0.15, -0.1) is 0 Å². The van der Waals surface area contributed by atoms with E-state index in [0.29, 0.717) is 17.7 Å². The van der Waals surface area contributed by atoms with Crippen LogP contribution in [-0.2, 0) is 9.53 Å². The first-order chi connectivity index (χ1) is 10.1. The molecule has 21 heavy (non-hydrogen) atoms. The molecule has 5 nitrogen and oxygen atoms in total. The lowest BCUT2D eigenvalue weighted by Gasteiger charge is -2.09. The van der Waals surface area contributed by atoms with Crippen LogP contribution in [0.4, 0.5) is 0 Å². The molecule has 0 heterocycles. The molecule has 0 saturated carbocycles. The number of nitrogens with one attached hydrogen (secondary N) is 1. The number of carbonyl (C=O) groups excluding carboxylic acids is 2. The molecule has 0 unspecified atom stereocenters. The number of aliphatic hydroxyl groups excluding tert-OH is 1. The lowest BCUT2D eigenvalue weighted by atomic mass is 10.0. The van der Waals surface area contributed by atoms with Gasteiger partial charge in [-0.05, 0) is 31.5 Å². The third kappa shape index (κ3) is 5.28. The number of hydrogen-bond donors (Lipinski definition) is 2. The summed E-state index contributed by atoms with van der Waals surface area (Å²) in [6, 6.07) is 5.21. The summed E-state index contributed by atoms with van der Waals surface area (Å²) < 4.78 is 4.78. The van der Waals surface area contributed by atoms with Gasteiger partial charge < -0.3 is 15.2 Å². The van der Waals surface area contributed by atoms with Gasteiger partial charge in [-0.2, -0.15) is 0 Å². The molecule has 0 spiro atoms. The van der Waals surface area contributed by atoms with Crippen LogP contribution in [0.3, 0.4) is 0 Å². The molecular formula is C16H19NO4. The van der Waals surface area contributed by atoms with E-state index in [1.165, 1.54) is 0 Å². The van der Waals surface area contributed by atoms with Gasteiger partial charge in [0.2, 0.25) is 0 Å². The zero-order chi connectivity index (χ0) is 15.7. The number of carbonyl (C=O) groups is 2. The lowest BCUT2D eigenvalue weighted by Crippen LogP contribution is -2.27. The molecule has 0 aliphatic carbocycles. The standard InChI is InChI=1S/C16H19NO4/c1-3-21-15(19)9-10-17-16(20)14-8-4-6-13(12(14)2)7-5-11-18/h4,6,8,18H,3,9-11H2,1-2H3,(H,17,20). The van der Waals surface area contributed by atoms with Crippen LogP contribution in [0.25, 0.3) is 0 Å². The summed E-state index contributed by atoms with van der Waals surface area (Å²) >= 11 is 0. The van der Waals surface area contributed by atoms with Crippen LogP contribution in [0, 0.1) is 18.8 Å². The van der Waals surface area contributed by atoms with Crippen molar-refractivity contribution < 1.29 is 19.4 Å². The summed E-state index contributed by atoms with van der Waals surface area (Å²) in [6.45, 7) is 3.86. The highest BCUT2D eigenvalue weighted by Crippen LogP contribution is 2.12. The van der Waals surface area contributed by atoms with Gasteiger partial charge >= 0.3 is 5.97 Å². The predicted octanol–water partition coefficient (Wildman–Crippen LogP) is 1.02. The molecule has 0 aliphatic heterocycles. The summed E-state index contributed by atoms with van der Waals surface area (Å²) in [7, 11) is 0. The van der Waals surface area contributed by atoms with E-state index in [1.807, 2.05) is 0 Å². The van der Waals surface area contributed by atoms with E-state index in [4.69, 9.17) is 9.84 Å². The smallest absolute Gasteiger partial charge is 0.307 e. The molecule has 0 atom stereocenters. The van der Waals surface area contributed by atoms with Crippen LogP contribution in [0.2, 0.25) is 0 Å². The Balaban J connectivity index is 2.68. The molecule has 0 aliphatic rings. The molecule has 112 valence electrons. The second kappa shape index (κ2) is 8.77. The lowest BCUT2D eigenvalue weighted by molar-refractivity contribution is -0.142. The third-order valence-electron chi connectivity index (χ3n) is 2.80. The Bertz CT molecular complexity index is 569. The zero-order valence-electron chi connectivity index (χ0n) is 12.2.